The number of rotatable bonds is 5. The molecule has 0 radical (unpaired) electrons. The molecule has 3 heteroatoms. The molecule has 0 aliphatic carbocycles. The summed E-state index contributed by atoms with van der Waals surface area (Å²) in [6.45, 7) is 7.09. The molecule has 78 valence electrons. The van der Waals surface area contributed by atoms with Crippen LogP contribution in [0.3, 0.4) is 0 Å². The first-order chi connectivity index (χ1) is 6.61. The number of thiophene rings is 1. The highest BCUT2D eigenvalue weighted by Gasteiger charge is 2.21. The molecule has 1 rings (SSSR count). The fourth-order valence-electron chi connectivity index (χ4n) is 1.43. The molecule has 0 saturated heterocycles. The smallest absolute Gasteiger partial charge is 0.0314 e. The first-order valence-corrected chi connectivity index (χ1v) is 6.28. The SMILES string of the molecule is C=CC(C)(CNC)Cc1sccc1Br. The van der Waals surface area contributed by atoms with E-state index in [9.17, 15) is 0 Å². The van der Waals surface area contributed by atoms with Crippen molar-refractivity contribution in [1.82, 2.24) is 5.32 Å². The topological polar surface area (TPSA) is 12.0 Å². The number of hydrogen-bond acceptors (Lipinski definition) is 2. The lowest BCUT2D eigenvalue weighted by Crippen LogP contribution is -2.29. The highest BCUT2D eigenvalue weighted by atomic mass is 79.9. The Labute approximate surface area is 98.4 Å². The molecule has 0 fully saturated rings. The average molecular weight is 274 g/mol. The van der Waals surface area contributed by atoms with Gasteiger partial charge in [-0.15, -0.1) is 17.9 Å². The van der Waals surface area contributed by atoms with Gasteiger partial charge >= 0.3 is 0 Å². The van der Waals surface area contributed by atoms with Gasteiger partial charge in [-0.3, -0.25) is 0 Å². The van der Waals surface area contributed by atoms with Crippen LogP contribution in [0.15, 0.2) is 28.6 Å². The van der Waals surface area contributed by atoms with Crippen molar-refractivity contribution >= 4 is 27.3 Å². The van der Waals surface area contributed by atoms with Crippen LogP contribution >= 0.6 is 27.3 Å². The maximum Gasteiger partial charge on any atom is 0.0314 e. The minimum atomic E-state index is 0.141. The molecular formula is C11H16BrNS. The summed E-state index contributed by atoms with van der Waals surface area (Å²) in [5.74, 6) is 0. The third kappa shape index (κ3) is 2.94. The molecule has 1 nitrogen and oxygen atoms in total. The Kier molecular flexibility index (Phi) is 4.35. The predicted molar refractivity (Wildman–Crippen MR) is 68.0 cm³/mol. The normalized spacial score (nSPS) is 15.1. The summed E-state index contributed by atoms with van der Waals surface area (Å²) < 4.78 is 1.21. The van der Waals surface area contributed by atoms with Gasteiger partial charge in [-0.2, -0.15) is 0 Å². The summed E-state index contributed by atoms with van der Waals surface area (Å²) >= 11 is 5.35. The first-order valence-electron chi connectivity index (χ1n) is 4.61. The molecular weight excluding hydrogens is 258 g/mol. The van der Waals surface area contributed by atoms with Crippen molar-refractivity contribution in [3.63, 3.8) is 0 Å². The molecule has 0 bridgehead atoms. The van der Waals surface area contributed by atoms with E-state index in [-0.39, 0.29) is 5.41 Å². The van der Waals surface area contributed by atoms with Crippen LogP contribution in [0.4, 0.5) is 0 Å². The van der Waals surface area contributed by atoms with Gasteiger partial charge in [-0.25, -0.2) is 0 Å². The lowest BCUT2D eigenvalue weighted by molar-refractivity contribution is 0.409. The Balaban J connectivity index is 2.74. The maximum absolute atomic E-state index is 3.91. The minimum absolute atomic E-state index is 0.141. The minimum Gasteiger partial charge on any atom is -0.319 e. The fourth-order valence-corrected chi connectivity index (χ4v) is 3.12. The van der Waals surface area contributed by atoms with Crippen LogP contribution in [0.5, 0.6) is 0 Å². The number of nitrogens with one attached hydrogen (secondary N) is 1. The second-order valence-electron chi connectivity index (χ2n) is 3.76. The Morgan fingerprint density at radius 3 is 2.86 bits per heavy atom. The molecule has 0 amide bonds. The van der Waals surface area contributed by atoms with Gasteiger partial charge in [-0.05, 0) is 40.8 Å². The van der Waals surface area contributed by atoms with Crippen molar-refractivity contribution in [3.05, 3.63) is 33.5 Å². The van der Waals surface area contributed by atoms with Crippen molar-refractivity contribution in [1.29, 1.82) is 0 Å². The van der Waals surface area contributed by atoms with E-state index >= 15 is 0 Å². The monoisotopic (exact) mass is 273 g/mol. The summed E-state index contributed by atoms with van der Waals surface area (Å²) in [7, 11) is 1.98. The van der Waals surface area contributed by atoms with Gasteiger partial charge < -0.3 is 5.32 Å². The zero-order chi connectivity index (χ0) is 10.6. The molecule has 0 spiro atoms. The molecule has 0 aromatic carbocycles. The van der Waals surface area contributed by atoms with Crippen LogP contribution in [0.1, 0.15) is 11.8 Å². The molecule has 1 atom stereocenters. The van der Waals surface area contributed by atoms with Gasteiger partial charge in [0.15, 0.2) is 0 Å². The van der Waals surface area contributed by atoms with E-state index in [2.05, 4.69) is 46.2 Å². The first kappa shape index (κ1) is 12.0. The Hall–Kier alpha value is -0.120. The molecule has 14 heavy (non-hydrogen) atoms. The summed E-state index contributed by atoms with van der Waals surface area (Å²) in [5.41, 5.74) is 0.141. The van der Waals surface area contributed by atoms with Gasteiger partial charge in [0, 0.05) is 21.3 Å². The van der Waals surface area contributed by atoms with Crippen molar-refractivity contribution < 1.29 is 0 Å². The standard InChI is InChI=1S/C11H16BrNS/c1-4-11(2,8-13-3)7-10-9(12)5-6-14-10/h4-6,13H,1,7-8H2,2-3H3. The highest BCUT2D eigenvalue weighted by molar-refractivity contribution is 9.10. The Bertz CT molecular complexity index is 308. The molecule has 1 N–H and O–H groups in total. The van der Waals surface area contributed by atoms with E-state index < -0.39 is 0 Å². The Morgan fingerprint density at radius 2 is 2.43 bits per heavy atom. The second kappa shape index (κ2) is 5.10. The van der Waals surface area contributed by atoms with E-state index in [0.717, 1.165) is 13.0 Å². The predicted octanol–water partition coefficient (Wildman–Crippen LogP) is 3.46. The van der Waals surface area contributed by atoms with Crippen LogP contribution in [0.2, 0.25) is 0 Å². The van der Waals surface area contributed by atoms with Gasteiger partial charge in [-0.1, -0.05) is 13.0 Å². The van der Waals surface area contributed by atoms with E-state index in [4.69, 9.17) is 0 Å². The molecule has 1 heterocycles. The Morgan fingerprint density at radius 1 is 1.71 bits per heavy atom. The molecule has 0 saturated carbocycles. The van der Waals surface area contributed by atoms with E-state index in [1.807, 2.05) is 13.1 Å². The van der Waals surface area contributed by atoms with Crippen LogP contribution < -0.4 is 5.32 Å². The van der Waals surface area contributed by atoms with Crippen LogP contribution in [-0.4, -0.2) is 13.6 Å². The largest absolute Gasteiger partial charge is 0.319 e. The van der Waals surface area contributed by atoms with Crippen molar-refractivity contribution in [2.75, 3.05) is 13.6 Å². The summed E-state index contributed by atoms with van der Waals surface area (Å²) in [6.07, 6.45) is 3.07. The van der Waals surface area contributed by atoms with Gasteiger partial charge in [0.05, 0.1) is 0 Å². The van der Waals surface area contributed by atoms with Gasteiger partial charge in [0.1, 0.15) is 0 Å². The summed E-state index contributed by atoms with van der Waals surface area (Å²) in [6, 6.07) is 2.10. The summed E-state index contributed by atoms with van der Waals surface area (Å²) in [5, 5.41) is 5.32. The highest BCUT2D eigenvalue weighted by Crippen LogP contribution is 2.31. The maximum atomic E-state index is 3.91. The molecule has 0 aliphatic heterocycles. The van der Waals surface area contributed by atoms with Crippen molar-refractivity contribution in [2.45, 2.75) is 13.3 Å². The van der Waals surface area contributed by atoms with Gasteiger partial charge in [0.2, 0.25) is 0 Å². The van der Waals surface area contributed by atoms with E-state index in [1.54, 1.807) is 11.3 Å². The van der Waals surface area contributed by atoms with Gasteiger partial charge in [0.25, 0.3) is 0 Å². The van der Waals surface area contributed by atoms with Crippen molar-refractivity contribution in [2.24, 2.45) is 5.41 Å². The zero-order valence-electron chi connectivity index (χ0n) is 8.64. The van der Waals surface area contributed by atoms with Crippen LogP contribution in [0, 0.1) is 5.41 Å². The molecule has 0 aliphatic rings. The average Bonchev–Trinajstić information content (AvgIpc) is 2.52. The van der Waals surface area contributed by atoms with Crippen LogP contribution in [0.25, 0.3) is 0 Å². The number of halogens is 1. The molecule has 1 aromatic rings. The molecule has 1 aromatic heterocycles. The third-order valence-electron chi connectivity index (χ3n) is 2.33. The number of hydrogen-bond donors (Lipinski definition) is 1. The van der Waals surface area contributed by atoms with Crippen molar-refractivity contribution in [3.8, 4) is 0 Å². The molecule has 1 unspecified atom stereocenters. The fraction of sp³-hybridized carbons (Fsp3) is 0.455. The zero-order valence-corrected chi connectivity index (χ0v) is 11.0. The third-order valence-corrected chi connectivity index (χ3v) is 4.26. The lowest BCUT2D eigenvalue weighted by Gasteiger charge is -2.24. The quantitative estimate of drug-likeness (QED) is 0.811. The summed E-state index contributed by atoms with van der Waals surface area (Å²) in [4.78, 5) is 1.39. The lowest BCUT2D eigenvalue weighted by atomic mass is 9.86. The second-order valence-corrected chi connectivity index (χ2v) is 5.61. The van der Waals surface area contributed by atoms with E-state index in [0.29, 0.717) is 0 Å². The van der Waals surface area contributed by atoms with E-state index in [1.165, 1.54) is 9.35 Å². The van der Waals surface area contributed by atoms with Crippen LogP contribution in [-0.2, 0) is 6.42 Å².